The van der Waals surface area contributed by atoms with E-state index in [1.165, 1.54) is 22.9 Å². The monoisotopic (exact) mass is 372 g/mol. The highest BCUT2D eigenvalue weighted by molar-refractivity contribution is 5.28. The van der Waals surface area contributed by atoms with Crippen molar-refractivity contribution in [2.24, 2.45) is 0 Å². The van der Waals surface area contributed by atoms with Crippen molar-refractivity contribution in [1.29, 1.82) is 0 Å². The predicted molar refractivity (Wildman–Crippen MR) is 109 cm³/mol. The maximum absolute atomic E-state index is 13.4. The molecule has 2 aromatic rings. The number of benzene rings is 2. The van der Waals surface area contributed by atoms with Crippen LogP contribution in [0.5, 0.6) is 0 Å². The molecule has 27 heavy (non-hydrogen) atoms. The molecule has 0 saturated carbocycles. The van der Waals surface area contributed by atoms with Crippen LogP contribution >= 0.6 is 0 Å². The summed E-state index contributed by atoms with van der Waals surface area (Å²) in [7, 11) is 0. The summed E-state index contributed by atoms with van der Waals surface area (Å²) in [6, 6.07) is 15.0. The normalized spacial score (nSPS) is 12.3. The lowest BCUT2D eigenvalue weighted by Crippen LogP contribution is -2.21. The number of rotatable bonds is 10. The van der Waals surface area contributed by atoms with Crippen molar-refractivity contribution in [3.8, 4) is 0 Å². The van der Waals surface area contributed by atoms with Crippen molar-refractivity contribution in [2.45, 2.75) is 46.1 Å². The summed E-state index contributed by atoms with van der Waals surface area (Å²) >= 11 is 0. The maximum Gasteiger partial charge on any atom is 0.270 e. The van der Waals surface area contributed by atoms with Crippen LogP contribution in [0.25, 0.3) is 0 Å². The van der Waals surface area contributed by atoms with Crippen molar-refractivity contribution in [1.82, 2.24) is 10.6 Å². The number of halogens is 2. The zero-order valence-corrected chi connectivity index (χ0v) is 16.5. The molecule has 0 bridgehead atoms. The Kier molecular flexibility index (Phi) is 7.99. The van der Waals surface area contributed by atoms with Crippen LogP contribution in [-0.4, -0.2) is 13.1 Å². The first-order valence-electron chi connectivity index (χ1n) is 9.49. The Hall–Kier alpha value is -2.20. The van der Waals surface area contributed by atoms with Gasteiger partial charge in [0.25, 0.3) is 5.92 Å². The highest BCUT2D eigenvalue weighted by atomic mass is 19.3. The van der Waals surface area contributed by atoms with Crippen LogP contribution < -0.4 is 10.6 Å². The van der Waals surface area contributed by atoms with Crippen LogP contribution in [0.4, 0.5) is 8.78 Å². The molecule has 0 unspecified atom stereocenters. The first-order chi connectivity index (χ1) is 12.9. The van der Waals surface area contributed by atoms with E-state index in [4.69, 9.17) is 0 Å². The molecule has 2 aromatic carbocycles. The molecule has 0 spiro atoms. The van der Waals surface area contributed by atoms with Gasteiger partial charge in [-0.1, -0.05) is 48.5 Å². The highest BCUT2D eigenvalue weighted by Gasteiger charge is 2.23. The van der Waals surface area contributed by atoms with Gasteiger partial charge in [0.15, 0.2) is 0 Å². The van der Waals surface area contributed by atoms with Gasteiger partial charge in [0.2, 0.25) is 0 Å². The number of nitrogens with one attached hydrogen (secondary N) is 2. The Morgan fingerprint density at radius 2 is 1.85 bits per heavy atom. The molecule has 0 atom stereocenters. The molecule has 146 valence electrons. The summed E-state index contributed by atoms with van der Waals surface area (Å²) in [5.74, 6) is -2.79. The fourth-order valence-electron chi connectivity index (χ4n) is 2.86. The van der Waals surface area contributed by atoms with Crippen LogP contribution in [0.15, 0.2) is 60.3 Å². The number of aryl methyl sites for hydroxylation is 1. The van der Waals surface area contributed by atoms with E-state index in [2.05, 4.69) is 54.8 Å². The summed E-state index contributed by atoms with van der Waals surface area (Å²) in [5, 5.41) is 6.74. The molecule has 2 nitrogen and oxygen atoms in total. The van der Waals surface area contributed by atoms with E-state index in [0.29, 0.717) is 6.54 Å². The van der Waals surface area contributed by atoms with E-state index in [0.717, 1.165) is 38.4 Å². The molecular formula is C23H30F2N2. The van der Waals surface area contributed by atoms with Gasteiger partial charge < -0.3 is 10.6 Å². The topological polar surface area (TPSA) is 24.1 Å². The molecule has 0 aliphatic carbocycles. The number of alkyl halides is 2. The molecule has 0 amide bonds. The lowest BCUT2D eigenvalue weighted by molar-refractivity contribution is 0.0174. The standard InChI is InChI=1S/C23H30F2N2/c1-18-8-4-5-10-21(18)13-12-19(2)27-15-7-14-26-17-20-9-6-11-22(16-20)23(3,24)25/h4-6,8-12,16,26-27H,7,13-15,17H2,1-3H3/b19-12+. The smallest absolute Gasteiger partial charge is 0.270 e. The molecular weight excluding hydrogens is 342 g/mol. The Morgan fingerprint density at radius 1 is 1.07 bits per heavy atom. The van der Waals surface area contributed by atoms with Crippen LogP contribution in [0.1, 0.15) is 42.5 Å². The van der Waals surface area contributed by atoms with E-state index in [9.17, 15) is 8.78 Å². The second kappa shape index (κ2) is 10.2. The van der Waals surface area contributed by atoms with Crippen LogP contribution in [-0.2, 0) is 18.9 Å². The van der Waals surface area contributed by atoms with Gasteiger partial charge in [0, 0.05) is 31.3 Å². The summed E-state index contributed by atoms with van der Waals surface area (Å²) in [6.07, 6.45) is 4.12. The average Bonchev–Trinajstić information content (AvgIpc) is 2.63. The van der Waals surface area contributed by atoms with E-state index in [-0.39, 0.29) is 5.56 Å². The van der Waals surface area contributed by atoms with Crippen molar-refractivity contribution >= 4 is 0 Å². The fourth-order valence-corrected chi connectivity index (χ4v) is 2.86. The van der Waals surface area contributed by atoms with E-state index < -0.39 is 5.92 Å². The molecule has 2 rings (SSSR count). The summed E-state index contributed by atoms with van der Waals surface area (Å²) in [4.78, 5) is 0. The minimum atomic E-state index is -2.79. The Balaban J connectivity index is 1.64. The van der Waals surface area contributed by atoms with Gasteiger partial charge in [-0.3, -0.25) is 0 Å². The zero-order valence-electron chi connectivity index (χ0n) is 16.5. The molecule has 0 heterocycles. The van der Waals surface area contributed by atoms with Crippen molar-refractivity contribution in [3.05, 3.63) is 82.6 Å². The van der Waals surface area contributed by atoms with Crippen molar-refractivity contribution in [3.63, 3.8) is 0 Å². The number of hydrogen-bond acceptors (Lipinski definition) is 2. The average molecular weight is 373 g/mol. The lowest BCUT2D eigenvalue weighted by Gasteiger charge is -2.12. The third-order valence-corrected chi connectivity index (χ3v) is 4.59. The molecule has 2 N–H and O–H groups in total. The molecule has 0 aromatic heterocycles. The first kappa shape index (κ1) is 21.1. The van der Waals surface area contributed by atoms with E-state index in [1.807, 2.05) is 6.07 Å². The largest absolute Gasteiger partial charge is 0.389 e. The first-order valence-corrected chi connectivity index (χ1v) is 9.49. The van der Waals surface area contributed by atoms with Gasteiger partial charge >= 0.3 is 0 Å². The Morgan fingerprint density at radius 3 is 2.59 bits per heavy atom. The fraction of sp³-hybridized carbons (Fsp3) is 0.391. The summed E-state index contributed by atoms with van der Waals surface area (Å²) < 4.78 is 26.7. The Bertz CT molecular complexity index is 748. The van der Waals surface area contributed by atoms with Gasteiger partial charge in [0.1, 0.15) is 0 Å². The van der Waals surface area contributed by atoms with Gasteiger partial charge in [-0.05, 0) is 56.0 Å². The molecule has 0 radical (unpaired) electrons. The predicted octanol–water partition coefficient (Wildman–Crippen LogP) is 5.32. The second-order valence-electron chi connectivity index (χ2n) is 7.06. The minimum Gasteiger partial charge on any atom is -0.389 e. The number of allylic oxidation sites excluding steroid dienone is 2. The lowest BCUT2D eigenvalue weighted by atomic mass is 10.1. The van der Waals surface area contributed by atoms with Crippen molar-refractivity contribution < 1.29 is 8.78 Å². The highest BCUT2D eigenvalue weighted by Crippen LogP contribution is 2.27. The van der Waals surface area contributed by atoms with Crippen molar-refractivity contribution in [2.75, 3.05) is 13.1 Å². The van der Waals surface area contributed by atoms with Gasteiger partial charge in [-0.25, -0.2) is 8.78 Å². The van der Waals surface area contributed by atoms with Gasteiger partial charge in [0.05, 0.1) is 0 Å². The van der Waals surface area contributed by atoms with Crippen LogP contribution in [0.2, 0.25) is 0 Å². The Labute approximate surface area is 161 Å². The third kappa shape index (κ3) is 7.51. The van der Waals surface area contributed by atoms with Gasteiger partial charge in [-0.15, -0.1) is 0 Å². The maximum atomic E-state index is 13.4. The van der Waals surface area contributed by atoms with Gasteiger partial charge in [-0.2, -0.15) is 0 Å². The SMILES string of the molecule is C/C(=C\Cc1ccccc1C)NCCCNCc1cccc(C(C)(F)F)c1. The quantitative estimate of drug-likeness (QED) is 0.551. The number of hydrogen-bond donors (Lipinski definition) is 2. The molecule has 0 fully saturated rings. The molecule has 0 aliphatic rings. The van der Waals surface area contributed by atoms with Crippen LogP contribution in [0.3, 0.4) is 0 Å². The third-order valence-electron chi connectivity index (χ3n) is 4.59. The molecule has 0 saturated heterocycles. The summed E-state index contributed by atoms with van der Waals surface area (Å²) in [5.41, 5.74) is 4.79. The minimum absolute atomic E-state index is 0.0675. The molecule has 4 heteroatoms. The molecule has 0 aliphatic heterocycles. The summed E-state index contributed by atoms with van der Waals surface area (Å²) in [6.45, 7) is 7.48. The van der Waals surface area contributed by atoms with Crippen LogP contribution in [0, 0.1) is 6.92 Å². The second-order valence-corrected chi connectivity index (χ2v) is 7.06. The van der Waals surface area contributed by atoms with E-state index in [1.54, 1.807) is 12.1 Å². The zero-order chi connectivity index (χ0) is 19.7. The van der Waals surface area contributed by atoms with E-state index >= 15 is 0 Å².